The highest BCUT2D eigenvalue weighted by molar-refractivity contribution is 6.32. The van der Waals surface area contributed by atoms with Gasteiger partial charge < -0.3 is 25.2 Å². The maximum absolute atomic E-state index is 11.9. The molecule has 0 heterocycles. The third kappa shape index (κ3) is 4.16. The number of carboxylic acids is 1. The number of methoxy groups -OCH3 is 2. The van der Waals surface area contributed by atoms with Crippen molar-refractivity contribution in [3.8, 4) is 11.5 Å². The summed E-state index contributed by atoms with van der Waals surface area (Å²) in [5, 5.41) is 14.1. The van der Waals surface area contributed by atoms with Gasteiger partial charge in [0.2, 0.25) is 0 Å². The summed E-state index contributed by atoms with van der Waals surface area (Å²) >= 11 is 5.95. The summed E-state index contributed by atoms with van der Waals surface area (Å²) in [6, 6.07) is 2.28. The fraction of sp³-hybridized carbons (Fsp3) is 0.385. The molecule has 0 bridgehead atoms. The number of hydrogen-bond acceptors (Lipinski definition) is 4. The van der Waals surface area contributed by atoms with Gasteiger partial charge in [-0.3, -0.25) is 0 Å². The average Bonchev–Trinajstić information content (AvgIpc) is 2.39. The molecule has 0 fully saturated rings. The number of carbonyl (C=O) groups is 2. The lowest BCUT2D eigenvalue weighted by Gasteiger charge is -2.22. The van der Waals surface area contributed by atoms with E-state index in [1.807, 2.05) is 0 Å². The molecule has 8 heteroatoms. The first-order valence-electron chi connectivity index (χ1n) is 5.95. The number of carboxylic acid groups (broad SMARTS) is 1. The SMILES string of the molecule is COc1cc(NC(=O)NC(C)(C)C(=O)O)c(OC)cc1Cl. The Morgan fingerprint density at radius 2 is 1.76 bits per heavy atom. The highest BCUT2D eigenvalue weighted by Gasteiger charge is 2.29. The largest absolute Gasteiger partial charge is 0.495 e. The fourth-order valence-corrected chi connectivity index (χ4v) is 1.68. The van der Waals surface area contributed by atoms with Crippen molar-refractivity contribution in [2.75, 3.05) is 19.5 Å². The van der Waals surface area contributed by atoms with E-state index >= 15 is 0 Å². The number of amides is 2. The molecule has 3 N–H and O–H groups in total. The lowest BCUT2D eigenvalue weighted by atomic mass is 10.1. The van der Waals surface area contributed by atoms with Gasteiger partial charge in [-0.05, 0) is 13.8 Å². The smallest absolute Gasteiger partial charge is 0.328 e. The van der Waals surface area contributed by atoms with Gasteiger partial charge in [-0.25, -0.2) is 9.59 Å². The highest BCUT2D eigenvalue weighted by atomic mass is 35.5. The molecule has 0 unspecified atom stereocenters. The number of hydrogen-bond donors (Lipinski definition) is 3. The van der Waals surface area contributed by atoms with E-state index in [1.165, 1.54) is 40.2 Å². The topological polar surface area (TPSA) is 96.9 Å². The third-order valence-electron chi connectivity index (χ3n) is 2.68. The standard InChI is InChI=1S/C13H17ClN2O5/c1-13(2,11(17)18)16-12(19)15-8-6-9(20-3)7(14)5-10(8)21-4/h5-6H,1-4H3,(H,17,18)(H2,15,16,19). The van der Waals surface area contributed by atoms with E-state index in [0.717, 1.165) is 0 Å². The van der Waals surface area contributed by atoms with E-state index < -0.39 is 17.5 Å². The minimum atomic E-state index is -1.41. The number of ether oxygens (including phenoxy) is 2. The molecule has 7 nitrogen and oxygen atoms in total. The first-order chi connectivity index (χ1) is 9.71. The minimum absolute atomic E-state index is 0.303. The number of urea groups is 1. The third-order valence-corrected chi connectivity index (χ3v) is 2.98. The number of benzene rings is 1. The predicted molar refractivity (Wildman–Crippen MR) is 78.4 cm³/mol. The lowest BCUT2D eigenvalue weighted by Crippen LogP contribution is -2.51. The first-order valence-corrected chi connectivity index (χ1v) is 6.33. The summed E-state index contributed by atoms with van der Waals surface area (Å²) < 4.78 is 10.2. The second-order valence-electron chi connectivity index (χ2n) is 4.70. The van der Waals surface area contributed by atoms with Crippen LogP contribution >= 0.6 is 11.6 Å². The summed E-state index contributed by atoms with van der Waals surface area (Å²) in [4.78, 5) is 22.8. The molecule has 1 rings (SSSR count). The normalized spacial score (nSPS) is 10.7. The molecule has 1 aromatic rings. The van der Waals surface area contributed by atoms with Crippen molar-refractivity contribution in [3.63, 3.8) is 0 Å². The van der Waals surface area contributed by atoms with E-state index in [0.29, 0.717) is 22.2 Å². The molecule has 0 aliphatic rings. The van der Waals surface area contributed by atoms with Crippen LogP contribution < -0.4 is 20.1 Å². The molecule has 1 aromatic carbocycles. The van der Waals surface area contributed by atoms with Crippen molar-refractivity contribution in [2.24, 2.45) is 0 Å². The molecule has 0 aliphatic heterocycles. The average molecular weight is 317 g/mol. The van der Waals surface area contributed by atoms with Crippen molar-refractivity contribution < 1.29 is 24.2 Å². The molecule has 0 spiro atoms. The van der Waals surface area contributed by atoms with Crippen LogP contribution in [0, 0.1) is 0 Å². The van der Waals surface area contributed by atoms with Gasteiger partial charge in [0.05, 0.1) is 24.9 Å². The lowest BCUT2D eigenvalue weighted by molar-refractivity contribution is -0.142. The second-order valence-corrected chi connectivity index (χ2v) is 5.10. The monoisotopic (exact) mass is 316 g/mol. The van der Waals surface area contributed by atoms with Crippen molar-refractivity contribution in [3.05, 3.63) is 17.2 Å². The maximum Gasteiger partial charge on any atom is 0.328 e. The number of aliphatic carboxylic acids is 1. The van der Waals surface area contributed by atoms with Crippen molar-refractivity contribution in [2.45, 2.75) is 19.4 Å². The Balaban J connectivity index is 2.97. The Morgan fingerprint density at radius 3 is 2.24 bits per heavy atom. The number of rotatable bonds is 5. The molecule has 0 aliphatic carbocycles. The van der Waals surface area contributed by atoms with Gasteiger partial charge in [0, 0.05) is 12.1 Å². The van der Waals surface area contributed by atoms with Crippen LogP contribution in [0.3, 0.4) is 0 Å². The van der Waals surface area contributed by atoms with Gasteiger partial charge in [-0.1, -0.05) is 11.6 Å². The summed E-state index contributed by atoms with van der Waals surface area (Å²) in [7, 11) is 2.85. The maximum atomic E-state index is 11.9. The Hall–Kier alpha value is -2.15. The van der Waals surface area contributed by atoms with Crippen molar-refractivity contribution in [1.29, 1.82) is 0 Å². The summed E-state index contributed by atoms with van der Waals surface area (Å²) in [6.45, 7) is 2.74. The Bertz CT molecular complexity index is 560. The van der Waals surface area contributed by atoms with E-state index in [4.69, 9.17) is 26.2 Å². The van der Waals surface area contributed by atoms with E-state index in [1.54, 1.807) is 0 Å². The van der Waals surface area contributed by atoms with E-state index in [-0.39, 0.29) is 0 Å². The molecule has 0 atom stereocenters. The zero-order valence-electron chi connectivity index (χ0n) is 12.1. The number of halogens is 1. The van der Waals surface area contributed by atoms with Gasteiger partial charge in [0.15, 0.2) is 0 Å². The van der Waals surface area contributed by atoms with Crippen LogP contribution in [0.15, 0.2) is 12.1 Å². The molecular formula is C13H17ClN2O5. The van der Waals surface area contributed by atoms with Crippen LogP contribution in [-0.4, -0.2) is 36.9 Å². The van der Waals surface area contributed by atoms with Gasteiger partial charge >= 0.3 is 12.0 Å². The van der Waals surface area contributed by atoms with Gasteiger partial charge in [0.1, 0.15) is 17.0 Å². The molecule has 0 radical (unpaired) electrons. The Kier molecular flexibility index (Phi) is 5.26. The van der Waals surface area contributed by atoms with Gasteiger partial charge in [-0.2, -0.15) is 0 Å². The molecule has 21 heavy (non-hydrogen) atoms. The fourth-order valence-electron chi connectivity index (χ4n) is 1.45. The van der Waals surface area contributed by atoms with Crippen LogP contribution in [0.2, 0.25) is 5.02 Å². The van der Waals surface area contributed by atoms with Crippen LogP contribution in [-0.2, 0) is 4.79 Å². The Labute approximate surface area is 127 Å². The second kappa shape index (κ2) is 6.53. The van der Waals surface area contributed by atoms with Gasteiger partial charge in [-0.15, -0.1) is 0 Å². The minimum Gasteiger partial charge on any atom is -0.495 e. The molecule has 0 aromatic heterocycles. The molecule has 2 amide bonds. The number of anilines is 1. The van der Waals surface area contributed by atoms with Crippen LogP contribution in [0.4, 0.5) is 10.5 Å². The molecule has 116 valence electrons. The summed E-state index contributed by atoms with van der Waals surface area (Å²) in [6.07, 6.45) is 0. The van der Waals surface area contributed by atoms with Gasteiger partial charge in [0.25, 0.3) is 0 Å². The summed E-state index contributed by atoms with van der Waals surface area (Å²) in [5.74, 6) is -0.479. The number of nitrogens with one attached hydrogen (secondary N) is 2. The van der Waals surface area contributed by atoms with E-state index in [2.05, 4.69) is 10.6 Å². The zero-order valence-corrected chi connectivity index (χ0v) is 12.9. The van der Waals surface area contributed by atoms with Crippen molar-refractivity contribution >= 4 is 29.3 Å². The van der Waals surface area contributed by atoms with E-state index in [9.17, 15) is 9.59 Å². The number of carbonyl (C=O) groups excluding carboxylic acids is 1. The van der Waals surface area contributed by atoms with Crippen LogP contribution in [0.1, 0.15) is 13.8 Å². The molecule has 0 saturated carbocycles. The van der Waals surface area contributed by atoms with Crippen LogP contribution in [0.25, 0.3) is 0 Å². The predicted octanol–water partition coefficient (Wildman–Crippen LogP) is 2.34. The summed E-state index contributed by atoms with van der Waals surface area (Å²) in [5.41, 5.74) is -1.11. The van der Waals surface area contributed by atoms with Crippen LogP contribution in [0.5, 0.6) is 11.5 Å². The molecular weight excluding hydrogens is 300 g/mol. The molecule has 0 saturated heterocycles. The first kappa shape index (κ1) is 16.9. The van der Waals surface area contributed by atoms with Crippen molar-refractivity contribution in [1.82, 2.24) is 5.32 Å². The quantitative estimate of drug-likeness (QED) is 0.774. The Morgan fingerprint density at radius 1 is 1.19 bits per heavy atom. The highest BCUT2D eigenvalue weighted by Crippen LogP contribution is 2.35. The zero-order chi connectivity index (χ0) is 16.2.